The molecule has 0 aliphatic carbocycles. The summed E-state index contributed by atoms with van der Waals surface area (Å²) in [5.74, 6) is 3.52. The van der Waals surface area contributed by atoms with Crippen LogP contribution in [0.5, 0.6) is 0 Å². The summed E-state index contributed by atoms with van der Waals surface area (Å²) < 4.78 is 0. The molecule has 3 unspecified atom stereocenters. The van der Waals surface area contributed by atoms with Crippen LogP contribution in [0.25, 0.3) is 0 Å². The first-order chi connectivity index (χ1) is 9.61. The molecule has 3 atom stereocenters. The van der Waals surface area contributed by atoms with Crippen molar-refractivity contribution in [3.63, 3.8) is 0 Å². The Morgan fingerprint density at radius 2 is 2.00 bits per heavy atom. The van der Waals surface area contributed by atoms with E-state index in [1.54, 1.807) is 0 Å². The highest BCUT2D eigenvalue weighted by Crippen LogP contribution is 2.19. The average molecular weight is 270 g/mol. The van der Waals surface area contributed by atoms with E-state index in [9.17, 15) is 0 Å². The Morgan fingerprint density at radius 1 is 1.30 bits per heavy atom. The molecule has 1 aromatic carbocycles. The molecule has 0 amide bonds. The zero-order valence-electron chi connectivity index (χ0n) is 12.8. The van der Waals surface area contributed by atoms with Gasteiger partial charge in [0.1, 0.15) is 0 Å². The van der Waals surface area contributed by atoms with E-state index in [4.69, 9.17) is 6.42 Å². The van der Waals surface area contributed by atoms with Gasteiger partial charge in [0.25, 0.3) is 0 Å². The minimum absolute atomic E-state index is 0.211. The summed E-state index contributed by atoms with van der Waals surface area (Å²) >= 11 is 0. The topological polar surface area (TPSA) is 15.3 Å². The molecule has 1 heterocycles. The van der Waals surface area contributed by atoms with Crippen molar-refractivity contribution in [3.05, 3.63) is 35.9 Å². The van der Waals surface area contributed by atoms with Crippen LogP contribution >= 0.6 is 0 Å². The van der Waals surface area contributed by atoms with Crippen LogP contribution in [-0.2, 0) is 6.42 Å². The first-order valence-electron chi connectivity index (χ1n) is 7.61. The van der Waals surface area contributed by atoms with Crippen LogP contribution in [0.3, 0.4) is 0 Å². The SMILES string of the molecule is C#CC(C)N1CC(Cc2ccccc2)NCC1C(C)C. The molecule has 0 spiro atoms. The Kier molecular flexibility index (Phi) is 5.23. The maximum Gasteiger partial charge on any atom is 0.0686 e. The van der Waals surface area contributed by atoms with Crippen molar-refractivity contribution in [3.8, 4) is 12.3 Å². The van der Waals surface area contributed by atoms with Gasteiger partial charge in [-0.2, -0.15) is 0 Å². The molecule has 1 aliphatic heterocycles. The summed E-state index contributed by atoms with van der Waals surface area (Å²) in [6.07, 6.45) is 6.72. The molecule has 1 fully saturated rings. The number of hydrogen-bond acceptors (Lipinski definition) is 2. The summed E-state index contributed by atoms with van der Waals surface area (Å²) in [6, 6.07) is 11.9. The van der Waals surface area contributed by atoms with E-state index in [2.05, 4.69) is 67.2 Å². The zero-order valence-corrected chi connectivity index (χ0v) is 12.8. The molecule has 1 aromatic rings. The normalized spacial score (nSPS) is 25.4. The Hall–Kier alpha value is -1.30. The number of nitrogens with one attached hydrogen (secondary N) is 1. The van der Waals surface area contributed by atoms with E-state index in [0.29, 0.717) is 18.0 Å². The summed E-state index contributed by atoms with van der Waals surface area (Å²) in [4.78, 5) is 2.49. The highest BCUT2D eigenvalue weighted by molar-refractivity contribution is 5.16. The van der Waals surface area contributed by atoms with Crippen LogP contribution in [0, 0.1) is 18.3 Å². The van der Waals surface area contributed by atoms with E-state index >= 15 is 0 Å². The number of terminal acetylenes is 1. The molecule has 20 heavy (non-hydrogen) atoms. The molecule has 2 heteroatoms. The van der Waals surface area contributed by atoms with Gasteiger partial charge >= 0.3 is 0 Å². The standard InChI is InChI=1S/C18H26N2/c1-5-15(4)20-13-17(19-12-18(20)14(2)3)11-16-9-7-6-8-10-16/h1,6-10,14-15,17-19H,11-13H2,2-4H3. The molecule has 1 saturated heterocycles. The molecule has 1 aliphatic rings. The van der Waals surface area contributed by atoms with E-state index < -0.39 is 0 Å². The maximum atomic E-state index is 5.65. The van der Waals surface area contributed by atoms with Gasteiger partial charge in [0.15, 0.2) is 0 Å². The quantitative estimate of drug-likeness (QED) is 0.846. The molecule has 0 saturated carbocycles. The molecule has 2 nitrogen and oxygen atoms in total. The van der Waals surface area contributed by atoms with Gasteiger partial charge in [0.05, 0.1) is 6.04 Å². The van der Waals surface area contributed by atoms with Gasteiger partial charge in [0.2, 0.25) is 0 Å². The largest absolute Gasteiger partial charge is 0.311 e. The van der Waals surface area contributed by atoms with Crippen molar-refractivity contribution in [2.45, 2.75) is 45.3 Å². The molecule has 0 bridgehead atoms. The Morgan fingerprint density at radius 3 is 2.60 bits per heavy atom. The zero-order chi connectivity index (χ0) is 14.5. The molecule has 108 valence electrons. The Labute approximate surface area is 123 Å². The second kappa shape index (κ2) is 6.92. The van der Waals surface area contributed by atoms with E-state index in [1.807, 2.05) is 0 Å². The molecule has 2 rings (SSSR count). The lowest BCUT2D eigenvalue weighted by molar-refractivity contribution is 0.0825. The maximum absolute atomic E-state index is 5.65. The summed E-state index contributed by atoms with van der Waals surface area (Å²) in [5, 5.41) is 3.70. The first-order valence-corrected chi connectivity index (χ1v) is 7.61. The second-order valence-electron chi connectivity index (χ2n) is 6.15. The van der Waals surface area contributed by atoms with Gasteiger partial charge in [0, 0.05) is 25.2 Å². The number of nitrogens with zero attached hydrogens (tertiary/aromatic N) is 1. The van der Waals surface area contributed by atoms with E-state index in [-0.39, 0.29) is 6.04 Å². The minimum Gasteiger partial charge on any atom is -0.311 e. The van der Waals surface area contributed by atoms with Crippen LogP contribution in [0.1, 0.15) is 26.3 Å². The number of rotatable bonds is 4. The first kappa shape index (κ1) is 15.1. The van der Waals surface area contributed by atoms with Crippen LogP contribution in [0.4, 0.5) is 0 Å². The average Bonchev–Trinajstić information content (AvgIpc) is 2.47. The van der Waals surface area contributed by atoms with Gasteiger partial charge in [-0.3, -0.25) is 4.90 Å². The van der Waals surface area contributed by atoms with Gasteiger partial charge in [-0.1, -0.05) is 50.1 Å². The molecule has 1 N–H and O–H groups in total. The fraction of sp³-hybridized carbons (Fsp3) is 0.556. The second-order valence-corrected chi connectivity index (χ2v) is 6.15. The van der Waals surface area contributed by atoms with Gasteiger partial charge in [-0.15, -0.1) is 6.42 Å². The third-order valence-corrected chi connectivity index (χ3v) is 4.31. The fourth-order valence-corrected chi connectivity index (χ4v) is 3.05. The molecular weight excluding hydrogens is 244 g/mol. The van der Waals surface area contributed by atoms with E-state index in [1.165, 1.54) is 5.56 Å². The fourth-order valence-electron chi connectivity index (χ4n) is 3.05. The van der Waals surface area contributed by atoms with Crippen LogP contribution < -0.4 is 5.32 Å². The smallest absolute Gasteiger partial charge is 0.0686 e. The molecule has 0 radical (unpaired) electrons. The third kappa shape index (κ3) is 3.62. The van der Waals surface area contributed by atoms with Crippen molar-refractivity contribution in [2.24, 2.45) is 5.92 Å². The highest BCUT2D eigenvalue weighted by atomic mass is 15.3. The summed E-state index contributed by atoms with van der Waals surface area (Å²) in [6.45, 7) is 8.75. The van der Waals surface area contributed by atoms with Gasteiger partial charge in [-0.25, -0.2) is 0 Å². The lowest BCUT2D eigenvalue weighted by Crippen LogP contribution is -2.60. The Balaban J connectivity index is 2.03. The van der Waals surface area contributed by atoms with E-state index in [0.717, 1.165) is 19.5 Å². The lowest BCUT2D eigenvalue weighted by Gasteiger charge is -2.44. The predicted octanol–water partition coefficient (Wildman–Crippen LogP) is 2.55. The number of piperazine rings is 1. The van der Waals surface area contributed by atoms with Gasteiger partial charge in [-0.05, 0) is 24.8 Å². The van der Waals surface area contributed by atoms with Crippen molar-refractivity contribution in [2.75, 3.05) is 13.1 Å². The molecular formula is C18H26N2. The number of hydrogen-bond donors (Lipinski definition) is 1. The monoisotopic (exact) mass is 270 g/mol. The van der Waals surface area contributed by atoms with Crippen LogP contribution in [0.15, 0.2) is 30.3 Å². The van der Waals surface area contributed by atoms with Crippen molar-refractivity contribution in [1.82, 2.24) is 10.2 Å². The minimum atomic E-state index is 0.211. The predicted molar refractivity (Wildman–Crippen MR) is 85.6 cm³/mol. The van der Waals surface area contributed by atoms with Crippen molar-refractivity contribution >= 4 is 0 Å². The summed E-state index contributed by atoms with van der Waals surface area (Å²) in [7, 11) is 0. The lowest BCUT2D eigenvalue weighted by atomic mass is 9.94. The summed E-state index contributed by atoms with van der Waals surface area (Å²) in [5.41, 5.74) is 1.39. The van der Waals surface area contributed by atoms with Crippen molar-refractivity contribution < 1.29 is 0 Å². The molecule has 0 aromatic heterocycles. The van der Waals surface area contributed by atoms with Crippen LogP contribution in [-0.4, -0.2) is 36.1 Å². The van der Waals surface area contributed by atoms with Gasteiger partial charge < -0.3 is 5.32 Å². The number of benzene rings is 1. The Bertz CT molecular complexity index is 446. The highest BCUT2D eigenvalue weighted by Gasteiger charge is 2.32. The van der Waals surface area contributed by atoms with Crippen LogP contribution in [0.2, 0.25) is 0 Å². The third-order valence-electron chi connectivity index (χ3n) is 4.31. The van der Waals surface area contributed by atoms with Crippen molar-refractivity contribution in [1.29, 1.82) is 0 Å².